The number of esters is 1. The highest BCUT2D eigenvalue weighted by atomic mass is 35.5. The summed E-state index contributed by atoms with van der Waals surface area (Å²) in [6, 6.07) is 0. The van der Waals surface area contributed by atoms with Crippen LogP contribution in [0.4, 0.5) is 0 Å². The Hall–Kier alpha value is -0.320. The number of carbonyl (C=O) groups excluding carboxylic acids is 1. The van der Waals surface area contributed by atoms with Crippen LogP contribution in [0.25, 0.3) is 0 Å². The first-order chi connectivity index (χ1) is 9.48. The van der Waals surface area contributed by atoms with Crippen LogP contribution in [0, 0.1) is 23.2 Å². The molecule has 0 aromatic heterocycles. The third-order valence-electron chi connectivity index (χ3n) is 6.02. The first-order valence-electron chi connectivity index (χ1n) is 7.98. The summed E-state index contributed by atoms with van der Waals surface area (Å²) in [5.41, 5.74) is 0.451. The molecule has 4 atom stereocenters. The second kappa shape index (κ2) is 6.43. The maximum Gasteiger partial charge on any atom is 0.320 e. The van der Waals surface area contributed by atoms with Gasteiger partial charge in [0.25, 0.3) is 0 Å². The Labute approximate surface area is 133 Å². The summed E-state index contributed by atoms with van der Waals surface area (Å²) in [4.78, 5) is 14.2. The van der Waals surface area contributed by atoms with Gasteiger partial charge in [0.1, 0.15) is 6.10 Å². The largest absolute Gasteiger partial charge is 0.461 e. The molecule has 122 valence electrons. The molecule has 0 aromatic rings. The Morgan fingerprint density at radius 1 is 1.29 bits per heavy atom. The third-order valence-corrected chi connectivity index (χ3v) is 6.02. The van der Waals surface area contributed by atoms with E-state index in [0.717, 1.165) is 44.6 Å². The molecule has 0 N–H and O–H groups in total. The number of rotatable bonds is 3. The van der Waals surface area contributed by atoms with Gasteiger partial charge >= 0.3 is 5.97 Å². The van der Waals surface area contributed by atoms with Gasteiger partial charge in [-0.2, -0.15) is 0 Å². The maximum absolute atomic E-state index is 12.1. The minimum atomic E-state index is -0.0529. The Bertz CT molecular complexity index is 382. The average molecular weight is 318 g/mol. The quantitative estimate of drug-likeness (QED) is 0.749. The van der Waals surface area contributed by atoms with Crippen LogP contribution in [0.1, 0.15) is 33.6 Å². The topological polar surface area (TPSA) is 38.8 Å². The van der Waals surface area contributed by atoms with Crippen LogP contribution in [0.3, 0.4) is 0 Å². The van der Waals surface area contributed by atoms with Gasteiger partial charge in [-0.3, -0.25) is 9.69 Å². The summed E-state index contributed by atoms with van der Waals surface area (Å²) < 4.78 is 11.1. The lowest BCUT2D eigenvalue weighted by atomic mass is 9.45. The highest BCUT2D eigenvalue weighted by molar-refractivity contribution is 5.85. The number of fused-ring (bicyclic) bond motifs is 2. The molecule has 1 saturated heterocycles. The number of nitrogens with zero attached hydrogens (tertiary/aromatic N) is 1. The average Bonchev–Trinajstić information content (AvgIpc) is 2.41. The van der Waals surface area contributed by atoms with E-state index in [4.69, 9.17) is 9.47 Å². The van der Waals surface area contributed by atoms with Gasteiger partial charge in [0.05, 0.1) is 19.8 Å². The van der Waals surface area contributed by atoms with E-state index in [0.29, 0.717) is 17.9 Å². The van der Waals surface area contributed by atoms with Crippen molar-refractivity contribution < 1.29 is 14.3 Å². The first-order valence-corrected chi connectivity index (χ1v) is 7.98. The molecule has 1 aliphatic heterocycles. The van der Waals surface area contributed by atoms with E-state index in [1.165, 1.54) is 6.42 Å². The molecular weight excluding hydrogens is 290 g/mol. The normalized spacial score (nSPS) is 38.0. The second-order valence-corrected chi connectivity index (χ2v) is 7.37. The SMILES string of the molecule is C[C@@H]1[C@H]2C[C@@H](C[C@H]1OC(=O)CN1CCOCC1)C2(C)C.Cl. The van der Waals surface area contributed by atoms with E-state index >= 15 is 0 Å². The van der Waals surface area contributed by atoms with Crippen LogP contribution in [0.2, 0.25) is 0 Å². The smallest absolute Gasteiger partial charge is 0.320 e. The van der Waals surface area contributed by atoms with Crippen molar-refractivity contribution in [2.45, 2.75) is 39.7 Å². The van der Waals surface area contributed by atoms with Crippen molar-refractivity contribution in [3.8, 4) is 0 Å². The van der Waals surface area contributed by atoms with Gasteiger partial charge in [-0.25, -0.2) is 0 Å². The van der Waals surface area contributed by atoms with E-state index in [2.05, 4.69) is 25.7 Å². The summed E-state index contributed by atoms with van der Waals surface area (Å²) in [6.07, 6.45) is 2.52. The molecule has 2 bridgehead atoms. The summed E-state index contributed by atoms with van der Waals surface area (Å²) in [5.74, 6) is 1.92. The van der Waals surface area contributed by atoms with Crippen molar-refractivity contribution in [1.29, 1.82) is 0 Å². The molecule has 4 nitrogen and oxygen atoms in total. The van der Waals surface area contributed by atoms with Gasteiger partial charge in [-0.15, -0.1) is 12.4 Å². The molecule has 4 rings (SSSR count). The van der Waals surface area contributed by atoms with Crippen LogP contribution in [-0.2, 0) is 14.3 Å². The first kappa shape index (κ1) is 17.0. The van der Waals surface area contributed by atoms with Gasteiger partial charge in [-0.05, 0) is 36.0 Å². The fourth-order valence-electron chi connectivity index (χ4n) is 4.41. The summed E-state index contributed by atoms with van der Waals surface area (Å²) in [5, 5.41) is 0. The third kappa shape index (κ3) is 3.22. The maximum atomic E-state index is 12.1. The predicted molar refractivity (Wildman–Crippen MR) is 83.5 cm³/mol. The number of carbonyl (C=O) groups is 1. The minimum Gasteiger partial charge on any atom is -0.461 e. The molecule has 5 heteroatoms. The summed E-state index contributed by atoms with van der Waals surface area (Å²) in [7, 11) is 0. The molecule has 21 heavy (non-hydrogen) atoms. The van der Waals surface area contributed by atoms with Crippen molar-refractivity contribution in [3.05, 3.63) is 0 Å². The number of ether oxygens (including phenoxy) is 2. The van der Waals surface area contributed by atoms with Crippen LogP contribution >= 0.6 is 12.4 Å². The Morgan fingerprint density at radius 3 is 2.52 bits per heavy atom. The summed E-state index contributed by atoms with van der Waals surface area (Å²) >= 11 is 0. The van der Waals surface area contributed by atoms with E-state index in [9.17, 15) is 4.79 Å². The van der Waals surface area contributed by atoms with Crippen molar-refractivity contribution >= 4 is 18.4 Å². The van der Waals surface area contributed by atoms with E-state index in [1.54, 1.807) is 0 Å². The van der Waals surface area contributed by atoms with Crippen molar-refractivity contribution in [2.75, 3.05) is 32.8 Å². The number of hydrogen-bond acceptors (Lipinski definition) is 4. The molecule has 0 radical (unpaired) electrons. The predicted octanol–water partition coefficient (Wildman–Crippen LogP) is 2.35. The van der Waals surface area contributed by atoms with Crippen molar-refractivity contribution in [1.82, 2.24) is 4.90 Å². The Morgan fingerprint density at radius 2 is 1.95 bits per heavy atom. The van der Waals surface area contributed by atoms with E-state index in [-0.39, 0.29) is 24.5 Å². The van der Waals surface area contributed by atoms with Gasteiger partial charge < -0.3 is 9.47 Å². The molecule has 0 spiro atoms. The van der Waals surface area contributed by atoms with Gasteiger partial charge in [0, 0.05) is 13.1 Å². The van der Waals surface area contributed by atoms with Crippen LogP contribution in [0.15, 0.2) is 0 Å². The van der Waals surface area contributed by atoms with E-state index < -0.39 is 0 Å². The second-order valence-electron chi connectivity index (χ2n) is 7.37. The zero-order valence-corrected chi connectivity index (χ0v) is 14.2. The highest BCUT2D eigenvalue weighted by Crippen LogP contribution is 2.61. The van der Waals surface area contributed by atoms with Crippen molar-refractivity contribution in [2.24, 2.45) is 23.2 Å². The standard InChI is InChI=1S/C16H27NO3.ClH/c1-11-13-8-12(16(13,2)3)9-14(11)20-15(18)10-17-4-6-19-7-5-17;/h11-14H,4-10H2,1-3H3;1H/t11-,12+,13-,14-;/m1./s1. The van der Waals surface area contributed by atoms with Gasteiger partial charge in [-0.1, -0.05) is 20.8 Å². The van der Waals surface area contributed by atoms with E-state index in [1.807, 2.05) is 0 Å². The highest BCUT2D eigenvalue weighted by Gasteiger charge is 2.57. The zero-order valence-electron chi connectivity index (χ0n) is 13.3. The molecule has 0 aromatic carbocycles. The number of halogens is 1. The fraction of sp³-hybridized carbons (Fsp3) is 0.938. The van der Waals surface area contributed by atoms with Gasteiger partial charge in [0.15, 0.2) is 0 Å². The number of hydrogen-bond donors (Lipinski definition) is 0. The van der Waals surface area contributed by atoms with Crippen molar-refractivity contribution in [3.63, 3.8) is 0 Å². The molecule has 3 saturated carbocycles. The number of morpholine rings is 1. The molecule has 3 aliphatic carbocycles. The van der Waals surface area contributed by atoms with Crippen LogP contribution in [-0.4, -0.2) is 49.8 Å². The fourth-order valence-corrected chi connectivity index (χ4v) is 4.41. The zero-order chi connectivity index (χ0) is 14.3. The molecule has 0 amide bonds. The Balaban J connectivity index is 0.00000161. The summed E-state index contributed by atoms with van der Waals surface area (Å²) in [6.45, 7) is 10.6. The van der Waals surface area contributed by atoms with Crippen LogP contribution in [0.5, 0.6) is 0 Å². The Kier molecular flexibility index (Phi) is 5.22. The molecule has 0 unspecified atom stereocenters. The lowest BCUT2D eigenvalue weighted by Crippen LogP contribution is -2.57. The minimum absolute atomic E-state index is 0. The molecular formula is C16H28ClNO3. The van der Waals surface area contributed by atoms with Crippen LogP contribution < -0.4 is 0 Å². The monoisotopic (exact) mass is 317 g/mol. The molecule has 1 heterocycles. The molecule has 4 fully saturated rings. The van der Waals surface area contributed by atoms with Gasteiger partial charge in [0.2, 0.25) is 0 Å². The lowest BCUT2D eigenvalue weighted by molar-refractivity contribution is -0.187. The molecule has 4 aliphatic rings. The lowest BCUT2D eigenvalue weighted by Gasteiger charge is -2.61.